The van der Waals surface area contributed by atoms with Crippen molar-refractivity contribution in [2.75, 3.05) is 38.6 Å². The van der Waals surface area contributed by atoms with E-state index in [0.717, 1.165) is 6.41 Å². The molecule has 3 rings (SSSR count). The second kappa shape index (κ2) is 8.96. The molecule has 2 aromatic rings. The molecule has 9 heteroatoms. The van der Waals surface area contributed by atoms with Crippen LogP contribution in [0, 0.1) is 0 Å². The summed E-state index contributed by atoms with van der Waals surface area (Å²) in [6.07, 6.45) is 2.18. The van der Waals surface area contributed by atoms with Gasteiger partial charge in [0.2, 0.25) is 6.41 Å². The van der Waals surface area contributed by atoms with Crippen LogP contribution in [0.4, 0.5) is 5.69 Å². The zero-order valence-electron chi connectivity index (χ0n) is 15.8. The molecule has 0 saturated carbocycles. The van der Waals surface area contributed by atoms with Crippen LogP contribution in [0.3, 0.4) is 0 Å². The molecular formula is C20H20N4O5. The summed E-state index contributed by atoms with van der Waals surface area (Å²) in [6, 6.07) is 9.21. The summed E-state index contributed by atoms with van der Waals surface area (Å²) in [4.78, 5) is 54.7. The van der Waals surface area contributed by atoms with Crippen LogP contribution in [-0.2, 0) is 9.53 Å². The summed E-state index contributed by atoms with van der Waals surface area (Å²) in [5.41, 5.74) is 1.29. The number of anilines is 1. The molecule has 1 aliphatic heterocycles. The SMILES string of the molecule is COC(=O)c1ccc(NC(=O)c2cc(C(=O)N3CCN(C=O)CC3)ccn2)cc1. The lowest BCUT2D eigenvalue weighted by molar-refractivity contribution is -0.119. The van der Waals surface area contributed by atoms with E-state index in [1.807, 2.05) is 0 Å². The van der Waals surface area contributed by atoms with E-state index in [1.165, 1.54) is 31.5 Å². The van der Waals surface area contributed by atoms with Crippen LogP contribution in [0.15, 0.2) is 42.6 Å². The molecule has 150 valence electrons. The zero-order chi connectivity index (χ0) is 20.8. The van der Waals surface area contributed by atoms with Gasteiger partial charge in [0, 0.05) is 43.6 Å². The van der Waals surface area contributed by atoms with Gasteiger partial charge in [-0.15, -0.1) is 0 Å². The number of pyridine rings is 1. The average Bonchev–Trinajstić information content (AvgIpc) is 2.78. The van der Waals surface area contributed by atoms with E-state index >= 15 is 0 Å². The fourth-order valence-electron chi connectivity index (χ4n) is 2.90. The van der Waals surface area contributed by atoms with Gasteiger partial charge in [0.15, 0.2) is 0 Å². The Bertz CT molecular complexity index is 921. The fourth-order valence-corrected chi connectivity index (χ4v) is 2.90. The molecule has 1 saturated heterocycles. The van der Waals surface area contributed by atoms with Crippen molar-refractivity contribution in [3.8, 4) is 0 Å². The van der Waals surface area contributed by atoms with E-state index in [2.05, 4.69) is 15.0 Å². The number of rotatable bonds is 5. The first kappa shape index (κ1) is 20.0. The van der Waals surface area contributed by atoms with Gasteiger partial charge in [0.05, 0.1) is 12.7 Å². The summed E-state index contributed by atoms with van der Waals surface area (Å²) in [5.74, 6) is -1.16. The lowest BCUT2D eigenvalue weighted by atomic mass is 10.1. The van der Waals surface area contributed by atoms with Crippen LogP contribution in [0.5, 0.6) is 0 Å². The maximum Gasteiger partial charge on any atom is 0.337 e. The van der Waals surface area contributed by atoms with E-state index in [0.29, 0.717) is 43.0 Å². The van der Waals surface area contributed by atoms with Gasteiger partial charge >= 0.3 is 5.97 Å². The molecule has 0 spiro atoms. The molecule has 0 radical (unpaired) electrons. The first-order valence-electron chi connectivity index (χ1n) is 8.96. The predicted octanol–water partition coefficient (Wildman–Crippen LogP) is 1.03. The molecule has 1 aliphatic rings. The van der Waals surface area contributed by atoms with Crippen molar-refractivity contribution in [3.05, 3.63) is 59.4 Å². The zero-order valence-corrected chi connectivity index (χ0v) is 15.8. The number of aromatic nitrogens is 1. The van der Waals surface area contributed by atoms with Gasteiger partial charge in [-0.3, -0.25) is 19.4 Å². The highest BCUT2D eigenvalue weighted by atomic mass is 16.5. The second-order valence-electron chi connectivity index (χ2n) is 6.39. The summed E-state index contributed by atoms with van der Waals surface area (Å²) in [6.45, 7) is 1.84. The van der Waals surface area contributed by atoms with E-state index < -0.39 is 11.9 Å². The van der Waals surface area contributed by atoms with Crippen LogP contribution in [0.25, 0.3) is 0 Å². The number of piperazine rings is 1. The highest BCUT2D eigenvalue weighted by Gasteiger charge is 2.22. The number of amides is 3. The molecule has 9 nitrogen and oxygen atoms in total. The van der Waals surface area contributed by atoms with Gasteiger partial charge in [0.25, 0.3) is 11.8 Å². The Morgan fingerprint density at radius 3 is 2.34 bits per heavy atom. The summed E-state index contributed by atoms with van der Waals surface area (Å²) in [5, 5.41) is 2.68. The summed E-state index contributed by atoms with van der Waals surface area (Å²) in [7, 11) is 1.29. The number of benzene rings is 1. The van der Waals surface area contributed by atoms with Gasteiger partial charge in [-0.1, -0.05) is 0 Å². The number of methoxy groups -OCH3 is 1. The largest absolute Gasteiger partial charge is 0.465 e. The van der Waals surface area contributed by atoms with Gasteiger partial charge in [-0.2, -0.15) is 0 Å². The van der Waals surface area contributed by atoms with Gasteiger partial charge in [-0.05, 0) is 36.4 Å². The third kappa shape index (κ3) is 4.75. The van der Waals surface area contributed by atoms with Crippen LogP contribution < -0.4 is 5.32 Å². The van der Waals surface area contributed by atoms with Gasteiger partial charge in [-0.25, -0.2) is 4.79 Å². The Labute approximate surface area is 167 Å². The van der Waals surface area contributed by atoms with E-state index in [4.69, 9.17) is 0 Å². The molecule has 29 heavy (non-hydrogen) atoms. The molecule has 2 heterocycles. The Kier molecular flexibility index (Phi) is 6.18. The van der Waals surface area contributed by atoms with Crippen molar-refractivity contribution in [1.82, 2.24) is 14.8 Å². The second-order valence-corrected chi connectivity index (χ2v) is 6.39. The monoisotopic (exact) mass is 396 g/mol. The van der Waals surface area contributed by atoms with E-state index in [-0.39, 0.29) is 11.6 Å². The standard InChI is InChI=1S/C20H20N4O5/c1-29-20(28)14-2-4-16(5-3-14)22-18(26)17-12-15(6-7-21-17)19(27)24-10-8-23(13-25)9-11-24/h2-7,12-13H,8-11H2,1H3,(H,22,26). The first-order valence-corrected chi connectivity index (χ1v) is 8.96. The Morgan fingerprint density at radius 2 is 1.72 bits per heavy atom. The summed E-state index contributed by atoms with van der Waals surface area (Å²) < 4.78 is 4.63. The first-order chi connectivity index (χ1) is 14.0. The molecule has 1 aromatic carbocycles. The maximum atomic E-state index is 12.7. The van der Waals surface area contributed by atoms with Crippen LogP contribution in [0.1, 0.15) is 31.2 Å². The number of carbonyl (C=O) groups excluding carboxylic acids is 4. The number of hydrogen-bond acceptors (Lipinski definition) is 6. The molecular weight excluding hydrogens is 376 g/mol. The molecule has 0 aliphatic carbocycles. The molecule has 0 unspecified atom stereocenters. The number of hydrogen-bond donors (Lipinski definition) is 1. The molecule has 1 fully saturated rings. The average molecular weight is 396 g/mol. The van der Waals surface area contributed by atoms with Gasteiger partial charge < -0.3 is 19.9 Å². The smallest absolute Gasteiger partial charge is 0.337 e. The Hall–Kier alpha value is -3.75. The van der Waals surface area contributed by atoms with Gasteiger partial charge in [0.1, 0.15) is 5.69 Å². The lowest BCUT2D eigenvalue weighted by Gasteiger charge is -2.32. The third-order valence-electron chi connectivity index (χ3n) is 4.55. The van der Waals surface area contributed by atoms with Crippen molar-refractivity contribution < 1.29 is 23.9 Å². The van der Waals surface area contributed by atoms with Crippen LogP contribution >= 0.6 is 0 Å². The van der Waals surface area contributed by atoms with E-state index in [9.17, 15) is 19.2 Å². The van der Waals surface area contributed by atoms with Crippen molar-refractivity contribution in [1.29, 1.82) is 0 Å². The lowest BCUT2D eigenvalue weighted by Crippen LogP contribution is -2.48. The van der Waals surface area contributed by atoms with Crippen LogP contribution in [-0.4, -0.2) is 72.3 Å². The molecule has 1 aromatic heterocycles. The number of ether oxygens (including phenoxy) is 1. The highest BCUT2D eigenvalue weighted by molar-refractivity contribution is 6.05. The normalized spacial score (nSPS) is 13.6. The Morgan fingerprint density at radius 1 is 1.03 bits per heavy atom. The van der Waals surface area contributed by atoms with Crippen LogP contribution in [0.2, 0.25) is 0 Å². The van der Waals surface area contributed by atoms with E-state index in [1.54, 1.807) is 28.0 Å². The number of nitrogens with zero attached hydrogens (tertiary/aromatic N) is 3. The van der Waals surface area contributed by atoms with Crippen molar-refractivity contribution in [2.45, 2.75) is 0 Å². The molecule has 0 atom stereocenters. The van der Waals surface area contributed by atoms with Crippen molar-refractivity contribution in [2.24, 2.45) is 0 Å². The minimum absolute atomic E-state index is 0.0967. The Balaban J connectivity index is 1.67. The summed E-state index contributed by atoms with van der Waals surface area (Å²) >= 11 is 0. The van der Waals surface area contributed by atoms with Crippen molar-refractivity contribution >= 4 is 29.9 Å². The molecule has 1 N–H and O–H groups in total. The quantitative estimate of drug-likeness (QED) is 0.597. The molecule has 3 amide bonds. The minimum atomic E-state index is -0.476. The predicted molar refractivity (Wildman–Crippen MR) is 104 cm³/mol. The third-order valence-corrected chi connectivity index (χ3v) is 4.55. The number of esters is 1. The fraction of sp³-hybridized carbons (Fsp3) is 0.250. The highest BCUT2D eigenvalue weighted by Crippen LogP contribution is 2.13. The maximum absolute atomic E-state index is 12.7. The number of carbonyl (C=O) groups is 4. The topological polar surface area (TPSA) is 109 Å². The minimum Gasteiger partial charge on any atom is -0.465 e. The molecule has 0 bridgehead atoms. The van der Waals surface area contributed by atoms with Crippen molar-refractivity contribution in [3.63, 3.8) is 0 Å². The number of nitrogens with one attached hydrogen (secondary N) is 1.